The first-order valence-corrected chi connectivity index (χ1v) is 6.92. The lowest BCUT2D eigenvalue weighted by Gasteiger charge is -2.05. The van der Waals surface area contributed by atoms with Gasteiger partial charge in [-0.3, -0.25) is 4.79 Å². The molecular weight excluding hydrogens is 272 g/mol. The molecular formula is C15H14N2O2S. The molecule has 2 aromatic rings. The monoisotopic (exact) mass is 286 g/mol. The number of carbonyl (C=O) groups is 1. The lowest BCUT2D eigenvalue weighted by molar-refractivity contribution is 0.102. The molecule has 4 nitrogen and oxygen atoms in total. The molecule has 0 aliphatic heterocycles. The minimum atomic E-state index is -0.219. The van der Waals surface area contributed by atoms with Crippen molar-refractivity contribution in [3.05, 3.63) is 45.4 Å². The zero-order valence-corrected chi connectivity index (χ0v) is 12.0. The first kappa shape index (κ1) is 14.3. The maximum absolute atomic E-state index is 12.0. The fourth-order valence-electron chi connectivity index (χ4n) is 1.68. The maximum Gasteiger partial charge on any atom is 0.275 e. The van der Waals surface area contributed by atoms with Gasteiger partial charge in [-0.2, -0.15) is 0 Å². The highest BCUT2D eigenvalue weighted by Crippen LogP contribution is 2.16. The number of rotatable bonds is 2. The van der Waals surface area contributed by atoms with Crippen molar-refractivity contribution in [3.8, 4) is 11.8 Å². The molecule has 1 aromatic heterocycles. The molecule has 0 radical (unpaired) electrons. The molecule has 0 atom stereocenters. The average Bonchev–Trinajstić information content (AvgIpc) is 2.85. The van der Waals surface area contributed by atoms with Gasteiger partial charge in [0.15, 0.2) is 0 Å². The van der Waals surface area contributed by atoms with E-state index in [-0.39, 0.29) is 12.5 Å². The van der Waals surface area contributed by atoms with E-state index >= 15 is 0 Å². The molecule has 0 saturated heterocycles. The van der Waals surface area contributed by atoms with E-state index < -0.39 is 0 Å². The van der Waals surface area contributed by atoms with E-state index in [4.69, 9.17) is 5.11 Å². The van der Waals surface area contributed by atoms with Crippen molar-refractivity contribution in [2.75, 3.05) is 11.9 Å². The van der Waals surface area contributed by atoms with Gasteiger partial charge in [0.05, 0.1) is 5.01 Å². The third-order valence-corrected chi connectivity index (χ3v) is 3.41. The molecule has 2 rings (SSSR count). The van der Waals surface area contributed by atoms with E-state index in [2.05, 4.69) is 22.1 Å². The number of thiazole rings is 1. The molecule has 0 aliphatic carbocycles. The standard InChI is InChI=1S/C15H14N2O2S/c1-10-8-13(6-5-12(10)4-3-7-18)17-15(19)14-9-20-11(2)16-14/h5-6,8-9,18H,7H2,1-2H3,(H,17,19). The Balaban J connectivity index is 2.14. The topological polar surface area (TPSA) is 62.2 Å². The van der Waals surface area contributed by atoms with Crippen LogP contribution in [0.15, 0.2) is 23.6 Å². The highest BCUT2D eigenvalue weighted by atomic mass is 32.1. The molecule has 0 spiro atoms. The highest BCUT2D eigenvalue weighted by Gasteiger charge is 2.09. The van der Waals surface area contributed by atoms with Crippen molar-refractivity contribution in [2.45, 2.75) is 13.8 Å². The van der Waals surface area contributed by atoms with Crippen LogP contribution in [0, 0.1) is 25.7 Å². The number of carbonyl (C=O) groups excluding carboxylic acids is 1. The van der Waals surface area contributed by atoms with Crippen LogP contribution in [0.2, 0.25) is 0 Å². The van der Waals surface area contributed by atoms with Crippen molar-refractivity contribution in [2.24, 2.45) is 0 Å². The molecule has 1 aromatic carbocycles. The van der Waals surface area contributed by atoms with Gasteiger partial charge in [-0.15, -0.1) is 11.3 Å². The van der Waals surface area contributed by atoms with Crippen LogP contribution in [-0.4, -0.2) is 22.6 Å². The van der Waals surface area contributed by atoms with Crippen molar-refractivity contribution in [3.63, 3.8) is 0 Å². The minimum Gasteiger partial charge on any atom is -0.384 e. The van der Waals surface area contributed by atoms with Crippen LogP contribution in [0.4, 0.5) is 5.69 Å². The lowest BCUT2D eigenvalue weighted by Crippen LogP contribution is -2.12. The maximum atomic E-state index is 12.0. The fraction of sp³-hybridized carbons (Fsp3) is 0.200. The number of hydrogen-bond acceptors (Lipinski definition) is 4. The van der Waals surface area contributed by atoms with Gasteiger partial charge in [0, 0.05) is 16.6 Å². The van der Waals surface area contributed by atoms with Crippen LogP contribution in [0.5, 0.6) is 0 Å². The van der Waals surface area contributed by atoms with Gasteiger partial charge in [0.1, 0.15) is 12.3 Å². The van der Waals surface area contributed by atoms with Crippen LogP contribution in [0.3, 0.4) is 0 Å². The summed E-state index contributed by atoms with van der Waals surface area (Å²) >= 11 is 1.44. The van der Waals surface area contributed by atoms with Gasteiger partial charge in [-0.05, 0) is 37.6 Å². The molecule has 1 heterocycles. The molecule has 0 saturated carbocycles. The van der Waals surface area contributed by atoms with Gasteiger partial charge in [0.2, 0.25) is 0 Å². The Morgan fingerprint density at radius 1 is 1.45 bits per heavy atom. The Labute approximate surface area is 121 Å². The van der Waals surface area contributed by atoms with E-state index in [1.54, 1.807) is 11.4 Å². The minimum absolute atomic E-state index is 0.166. The number of hydrogen-bond donors (Lipinski definition) is 2. The summed E-state index contributed by atoms with van der Waals surface area (Å²) in [5, 5.41) is 14.1. The summed E-state index contributed by atoms with van der Waals surface area (Å²) in [6.45, 7) is 3.60. The van der Waals surface area contributed by atoms with E-state index in [9.17, 15) is 4.79 Å². The number of nitrogens with one attached hydrogen (secondary N) is 1. The van der Waals surface area contributed by atoms with Gasteiger partial charge >= 0.3 is 0 Å². The van der Waals surface area contributed by atoms with E-state index in [1.165, 1.54) is 11.3 Å². The SMILES string of the molecule is Cc1nc(C(=O)Nc2ccc(C#CCO)c(C)c2)cs1. The summed E-state index contributed by atoms with van der Waals surface area (Å²) in [7, 11) is 0. The molecule has 102 valence electrons. The second-order valence-corrected chi connectivity index (χ2v) is 5.26. The Hall–Kier alpha value is -2.16. The molecule has 1 amide bonds. The van der Waals surface area contributed by atoms with E-state index in [0.29, 0.717) is 11.4 Å². The Morgan fingerprint density at radius 3 is 2.85 bits per heavy atom. The van der Waals surface area contributed by atoms with E-state index in [1.807, 2.05) is 26.0 Å². The summed E-state index contributed by atoms with van der Waals surface area (Å²) in [5.41, 5.74) is 2.90. The van der Waals surface area contributed by atoms with E-state index in [0.717, 1.165) is 16.1 Å². The highest BCUT2D eigenvalue weighted by molar-refractivity contribution is 7.09. The van der Waals surface area contributed by atoms with Crippen molar-refractivity contribution < 1.29 is 9.90 Å². The summed E-state index contributed by atoms with van der Waals surface area (Å²) in [5.74, 6) is 5.24. The van der Waals surface area contributed by atoms with Gasteiger partial charge < -0.3 is 10.4 Å². The van der Waals surface area contributed by atoms with Crippen LogP contribution < -0.4 is 5.32 Å². The number of aliphatic hydroxyl groups excluding tert-OH is 1. The second kappa shape index (κ2) is 6.33. The average molecular weight is 286 g/mol. The number of aliphatic hydroxyl groups is 1. The first-order chi connectivity index (χ1) is 9.60. The second-order valence-electron chi connectivity index (χ2n) is 4.20. The summed E-state index contributed by atoms with van der Waals surface area (Å²) in [4.78, 5) is 16.1. The fourth-order valence-corrected chi connectivity index (χ4v) is 2.27. The van der Waals surface area contributed by atoms with Gasteiger partial charge in [0.25, 0.3) is 5.91 Å². The number of nitrogens with zero attached hydrogens (tertiary/aromatic N) is 1. The first-order valence-electron chi connectivity index (χ1n) is 6.04. The molecule has 0 bridgehead atoms. The third-order valence-electron chi connectivity index (χ3n) is 2.64. The number of anilines is 1. The molecule has 2 N–H and O–H groups in total. The summed E-state index contributed by atoms with van der Waals surface area (Å²) in [6.07, 6.45) is 0. The van der Waals surface area contributed by atoms with Crippen LogP contribution in [0.25, 0.3) is 0 Å². The number of benzene rings is 1. The van der Waals surface area contributed by atoms with Crippen molar-refractivity contribution in [1.29, 1.82) is 0 Å². The molecule has 0 unspecified atom stereocenters. The largest absolute Gasteiger partial charge is 0.384 e. The molecule has 20 heavy (non-hydrogen) atoms. The van der Waals surface area contributed by atoms with Crippen LogP contribution >= 0.6 is 11.3 Å². The molecule has 5 heteroatoms. The predicted molar refractivity (Wildman–Crippen MR) is 79.9 cm³/mol. The number of aromatic nitrogens is 1. The zero-order valence-electron chi connectivity index (χ0n) is 11.2. The molecule has 0 aliphatic rings. The lowest BCUT2D eigenvalue weighted by atomic mass is 10.1. The van der Waals surface area contributed by atoms with Crippen LogP contribution in [0.1, 0.15) is 26.6 Å². The summed E-state index contributed by atoms with van der Waals surface area (Å²) in [6, 6.07) is 5.45. The number of amides is 1. The quantitative estimate of drug-likeness (QED) is 0.833. The number of aryl methyl sites for hydroxylation is 2. The predicted octanol–water partition coefficient (Wildman–Crippen LogP) is 2.36. The normalized spacial score (nSPS) is 9.75. The Kier molecular flexibility index (Phi) is 4.51. The Morgan fingerprint density at radius 2 is 2.25 bits per heavy atom. The summed E-state index contributed by atoms with van der Waals surface area (Å²) < 4.78 is 0. The zero-order chi connectivity index (χ0) is 14.5. The third kappa shape index (κ3) is 3.44. The van der Waals surface area contributed by atoms with Crippen molar-refractivity contribution >= 4 is 22.9 Å². The smallest absolute Gasteiger partial charge is 0.275 e. The van der Waals surface area contributed by atoms with Crippen molar-refractivity contribution in [1.82, 2.24) is 4.98 Å². The van der Waals surface area contributed by atoms with Crippen LogP contribution in [-0.2, 0) is 0 Å². The van der Waals surface area contributed by atoms with Gasteiger partial charge in [-0.25, -0.2) is 4.98 Å². The Bertz CT molecular complexity index is 695. The van der Waals surface area contributed by atoms with Gasteiger partial charge in [-0.1, -0.05) is 11.8 Å². The molecule has 0 fully saturated rings.